The fraction of sp³-hybridized carbons (Fsp3) is 1.00. The second kappa shape index (κ2) is 5.48. The minimum atomic E-state index is 0.661. The molecule has 0 aliphatic carbocycles. The molecule has 16 heavy (non-hydrogen) atoms. The molecule has 0 bridgehead atoms. The van der Waals surface area contributed by atoms with E-state index in [1.54, 1.807) is 0 Å². The zero-order valence-corrected chi connectivity index (χ0v) is 11.1. The largest absolute Gasteiger partial charge is 0.313 e. The lowest BCUT2D eigenvalue weighted by Crippen LogP contribution is -2.51. The Morgan fingerprint density at radius 1 is 1.12 bits per heavy atom. The maximum Gasteiger partial charge on any atom is 0.0166 e. The van der Waals surface area contributed by atoms with E-state index in [-0.39, 0.29) is 0 Å². The first-order chi connectivity index (χ1) is 7.66. The van der Waals surface area contributed by atoms with Gasteiger partial charge in [0.05, 0.1) is 0 Å². The first kappa shape index (κ1) is 12.3. The van der Waals surface area contributed by atoms with Crippen molar-refractivity contribution in [3.8, 4) is 0 Å². The molecule has 2 fully saturated rings. The predicted octanol–water partition coefficient (Wildman–Crippen LogP) is 1.01. The Bertz CT molecular complexity index is 219. The summed E-state index contributed by atoms with van der Waals surface area (Å²) < 4.78 is 0. The van der Waals surface area contributed by atoms with Crippen LogP contribution in [-0.2, 0) is 0 Å². The van der Waals surface area contributed by atoms with Gasteiger partial charge in [0.25, 0.3) is 0 Å². The van der Waals surface area contributed by atoms with E-state index >= 15 is 0 Å². The van der Waals surface area contributed by atoms with Crippen LogP contribution in [0.4, 0.5) is 0 Å². The summed E-state index contributed by atoms with van der Waals surface area (Å²) >= 11 is 0. The van der Waals surface area contributed by atoms with Crippen molar-refractivity contribution in [2.45, 2.75) is 38.8 Å². The lowest BCUT2D eigenvalue weighted by molar-refractivity contribution is 0.0751. The van der Waals surface area contributed by atoms with Crippen molar-refractivity contribution in [1.29, 1.82) is 0 Å². The summed E-state index contributed by atoms with van der Waals surface area (Å²) in [6, 6.07) is 1.48. The molecule has 0 amide bonds. The van der Waals surface area contributed by atoms with E-state index in [1.165, 1.54) is 45.6 Å². The third-order valence-electron chi connectivity index (χ3n) is 4.16. The van der Waals surface area contributed by atoms with Crippen LogP contribution in [0.5, 0.6) is 0 Å². The zero-order chi connectivity index (χ0) is 11.5. The van der Waals surface area contributed by atoms with E-state index in [4.69, 9.17) is 0 Å². The minimum absolute atomic E-state index is 0.661. The Hall–Kier alpha value is -0.120. The Labute approximate surface area is 100 Å². The number of nitrogens with one attached hydrogen (secondary N) is 1. The normalized spacial score (nSPS) is 39.6. The molecule has 0 radical (unpaired) electrons. The van der Waals surface area contributed by atoms with Gasteiger partial charge in [-0.2, -0.15) is 0 Å². The number of hydrogen-bond donors (Lipinski definition) is 1. The molecule has 2 heterocycles. The predicted molar refractivity (Wildman–Crippen MR) is 68.7 cm³/mol. The second-order valence-electron chi connectivity index (χ2n) is 5.80. The van der Waals surface area contributed by atoms with Gasteiger partial charge in [0, 0.05) is 25.2 Å². The molecule has 2 aliphatic heterocycles. The Morgan fingerprint density at radius 2 is 1.94 bits per heavy atom. The van der Waals surface area contributed by atoms with E-state index in [0.717, 1.165) is 12.0 Å². The van der Waals surface area contributed by atoms with Gasteiger partial charge in [-0.05, 0) is 52.4 Å². The van der Waals surface area contributed by atoms with Crippen LogP contribution in [0.25, 0.3) is 0 Å². The van der Waals surface area contributed by atoms with Gasteiger partial charge in [0.1, 0.15) is 0 Å². The summed E-state index contributed by atoms with van der Waals surface area (Å²) in [5.74, 6) is 0.823. The van der Waals surface area contributed by atoms with Crippen LogP contribution in [-0.4, -0.2) is 61.7 Å². The van der Waals surface area contributed by atoms with E-state index in [1.807, 2.05) is 0 Å². The summed E-state index contributed by atoms with van der Waals surface area (Å²) in [7, 11) is 2.25. The lowest BCUT2D eigenvalue weighted by atomic mass is 9.92. The van der Waals surface area contributed by atoms with Gasteiger partial charge in [0.2, 0.25) is 0 Å². The average Bonchev–Trinajstić information content (AvgIpc) is 2.43. The topological polar surface area (TPSA) is 18.5 Å². The summed E-state index contributed by atoms with van der Waals surface area (Å²) in [5, 5.41) is 3.59. The number of nitrogens with zero attached hydrogens (tertiary/aromatic N) is 2. The van der Waals surface area contributed by atoms with Gasteiger partial charge in [0.15, 0.2) is 0 Å². The van der Waals surface area contributed by atoms with E-state index in [0.29, 0.717) is 6.04 Å². The van der Waals surface area contributed by atoms with Gasteiger partial charge in [-0.3, -0.25) is 4.90 Å². The highest BCUT2D eigenvalue weighted by atomic mass is 15.2. The molecule has 1 N–H and O–H groups in total. The van der Waals surface area contributed by atoms with Gasteiger partial charge in [-0.15, -0.1) is 0 Å². The van der Waals surface area contributed by atoms with Gasteiger partial charge >= 0.3 is 0 Å². The SMILES string of the molecule is CC1CN(C2CCN(C)CC2C)CCCN1. The lowest BCUT2D eigenvalue weighted by Gasteiger charge is -2.41. The van der Waals surface area contributed by atoms with Gasteiger partial charge in [-0.25, -0.2) is 0 Å². The number of rotatable bonds is 1. The zero-order valence-electron chi connectivity index (χ0n) is 11.1. The molecule has 3 atom stereocenters. The van der Waals surface area contributed by atoms with Crippen LogP contribution in [0.1, 0.15) is 26.7 Å². The molecule has 0 aromatic carbocycles. The highest BCUT2D eigenvalue weighted by Crippen LogP contribution is 2.22. The first-order valence-electron chi connectivity index (χ1n) is 6.83. The first-order valence-corrected chi connectivity index (χ1v) is 6.83. The maximum absolute atomic E-state index is 3.59. The summed E-state index contributed by atoms with van der Waals surface area (Å²) in [6.45, 7) is 11.0. The molecule has 2 aliphatic rings. The van der Waals surface area contributed by atoms with Crippen LogP contribution in [0, 0.1) is 5.92 Å². The maximum atomic E-state index is 3.59. The minimum Gasteiger partial charge on any atom is -0.313 e. The van der Waals surface area contributed by atoms with Crippen molar-refractivity contribution in [1.82, 2.24) is 15.1 Å². The standard InChI is InChI=1S/C13H27N3/c1-11-9-15(3)8-5-13(11)16-7-4-6-14-12(2)10-16/h11-14H,4-10H2,1-3H3. The molecule has 0 aromatic rings. The van der Waals surface area contributed by atoms with Crippen molar-refractivity contribution in [2.75, 3.05) is 39.8 Å². The Kier molecular flexibility index (Phi) is 4.22. The van der Waals surface area contributed by atoms with Crippen molar-refractivity contribution < 1.29 is 0 Å². The molecule has 2 rings (SSSR count). The summed E-state index contributed by atoms with van der Waals surface area (Å²) in [4.78, 5) is 5.21. The van der Waals surface area contributed by atoms with Crippen molar-refractivity contribution in [2.24, 2.45) is 5.92 Å². The van der Waals surface area contributed by atoms with Crippen LogP contribution in [0.15, 0.2) is 0 Å². The van der Waals surface area contributed by atoms with E-state index in [9.17, 15) is 0 Å². The smallest absolute Gasteiger partial charge is 0.0166 e. The van der Waals surface area contributed by atoms with Crippen LogP contribution >= 0.6 is 0 Å². The Morgan fingerprint density at radius 3 is 2.69 bits per heavy atom. The van der Waals surface area contributed by atoms with Gasteiger partial charge in [-0.1, -0.05) is 6.92 Å². The molecule has 94 valence electrons. The van der Waals surface area contributed by atoms with Crippen LogP contribution in [0.2, 0.25) is 0 Å². The molecule has 3 heteroatoms. The molecule has 3 unspecified atom stereocenters. The van der Waals surface area contributed by atoms with Crippen LogP contribution in [0.3, 0.4) is 0 Å². The van der Waals surface area contributed by atoms with E-state index < -0.39 is 0 Å². The highest BCUT2D eigenvalue weighted by molar-refractivity contribution is 4.86. The van der Waals surface area contributed by atoms with Crippen molar-refractivity contribution in [3.05, 3.63) is 0 Å². The monoisotopic (exact) mass is 225 g/mol. The van der Waals surface area contributed by atoms with Crippen molar-refractivity contribution in [3.63, 3.8) is 0 Å². The molecule has 0 spiro atoms. The summed E-state index contributed by atoms with van der Waals surface area (Å²) in [5.41, 5.74) is 0. The fourth-order valence-electron chi connectivity index (χ4n) is 3.32. The van der Waals surface area contributed by atoms with Crippen LogP contribution < -0.4 is 5.32 Å². The number of hydrogen-bond acceptors (Lipinski definition) is 3. The molecule has 3 nitrogen and oxygen atoms in total. The third-order valence-corrected chi connectivity index (χ3v) is 4.16. The number of piperidine rings is 1. The van der Waals surface area contributed by atoms with Crippen molar-refractivity contribution >= 4 is 0 Å². The van der Waals surface area contributed by atoms with Gasteiger partial charge < -0.3 is 10.2 Å². The molecule has 2 saturated heterocycles. The highest BCUT2D eigenvalue weighted by Gasteiger charge is 2.30. The fourth-order valence-corrected chi connectivity index (χ4v) is 3.32. The second-order valence-corrected chi connectivity index (χ2v) is 5.80. The molecular formula is C13H27N3. The quantitative estimate of drug-likeness (QED) is 0.718. The molecule has 0 saturated carbocycles. The third kappa shape index (κ3) is 2.96. The Balaban J connectivity index is 1.94. The average molecular weight is 225 g/mol. The molecular weight excluding hydrogens is 198 g/mol. The summed E-state index contributed by atoms with van der Waals surface area (Å²) in [6.07, 6.45) is 2.66. The number of likely N-dealkylation sites (tertiary alicyclic amines) is 1. The van der Waals surface area contributed by atoms with E-state index in [2.05, 4.69) is 36.0 Å². The molecule has 0 aromatic heterocycles.